The maximum Gasteiger partial charge on any atom is 0.226 e. The maximum atomic E-state index is 11.7. The standard InChI is InChI=1S/C14H23N3O2S/c1-19-8-5-15-13(18)9-12-11-20-14(16-12)10-17-6-3-2-4-7-17/h11H,2-10H2,1H3,(H,15,18). The molecule has 20 heavy (non-hydrogen) atoms. The van der Waals surface area contributed by atoms with Gasteiger partial charge in [0.2, 0.25) is 5.91 Å². The van der Waals surface area contributed by atoms with E-state index in [1.54, 1.807) is 18.4 Å². The zero-order valence-corrected chi connectivity index (χ0v) is 12.9. The van der Waals surface area contributed by atoms with E-state index >= 15 is 0 Å². The Morgan fingerprint density at radius 2 is 2.25 bits per heavy atom. The highest BCUT2D eigenvalue weighted by atomic mass is 32.1. The Hall–Kier alpha value is -0.980. The van der Waals surface area contributed by atoms with E-state index in [0.717, 1.165) is 17.2 Å². The van der Waals surface area contributed by atoms with Crippen LogP contribution in [0.1, 0.15) is 30.0 Å². The highest BCUT2D eigenvalue weighted by Gasteiger charge is 2.13. The fourth-order valence-electron chi connectivity index (χ4n) is 2.33. The third-order valence-corrected chi connectivity index (χ3v) is 4.26. The van der Waals surface area contributed by atoms with Gasteiger partial charge in [-0.05, 0) is 25.9 Å². The molecule has 1 fully saturated rings. The molecule has 112 valence electrons. The van der Waals surface area contributed by atoms with E-state index in [1.807, 2.05) is 5.38 Å². The fourth-order valence-corrected chi connectivity index (χ4v) is 3.17. The average molecular weight is 297 g/mol. The monoisotopic (exact) mass is 297 g/mol. The molecule has 0 aliphatic carbocycles. The molecule has 1 N–H and O–H groups in total. The maximum absolute atomic E-state index is 11.7. The van der Waals surface area contributed by atoms with Gasteiger partial charge in [-0.3, -0.25) is 9.69 Å². The van der Waals surface area contributed by atoms with Crippen LogP contribution in [0.5, 0.6) is 0 Å². The molecule has 1 amide bonds. The zero-order valence-electron chi connectivity index (χ0n) is 12.1. The molecule has 2 heterocycles. The molecule has 0 atom stereocenters. The third kappa shape index (κ3) is 5.19. The van der Waals surface area contributed by atoms with Crippen LogP contribution >= 0.6 is 11.3 Å². The Labute approximate surface area is 124 Å². The predicted molar refractivity (Wildman–Crippen MR) is 79.8 cm³/mol. The van der Waals surface area contributed by atoms with Crippen molar-refractivity contribution in [3.63, 3.8) is 0 Å². The van der Waals surface area contributed by atoms with Gasteiger partial charge in [0, 0.05) is 19.0 Å². The first kappa shape index (κ1) is 15.4. The van der Waals surface area contributed by atoms with Crippen molar-refractivity contribution in [1.29, 1.82) is 0 Å². The van der Waals surface area contributed by atoms with Gasteiger partial charge in [-0.1, -0.05) is 6.42 Å². The number of likely N-dealkylation sites (tertiary alicyclic amines) is 1. The van der Waals surface area contributed by atoms with Crippen molar-refractivity contribution >= 4 is 17.2 Å². The Morgan fingerprint density at radius 1 is 1.45 bits per heavy atom. The largest absolute Gasteiger partial charge is 0.383 e. The second-order valence-corrected chi connectivity index (χ2v) is 6.03. The van der Waals surface area contributed by atoms with E-state index in [9.17, 15) is 4.79 Å². The van der Waals surface area contributed by atoms with Crippen LogP contribution in [0, 0.1) is 0 Å². The normalized spacial score (nSPS) is 16.2. The number of nitrogens with zero attached hydrogens (tertiary/aromatic N) is 2. The number of aromatic nitrogens is 1. The fraction of sp³-hybridized carbons (Fsp3) is 0.714. The van der Waals surface area contributed by atoms with Gasteiger partial charge >= 0.3 is 0 Å². The Kier molecular flexibility index (Phi) is 6.42. The molecule has 0 radical (unpaired) electrons. The number of ether oxygens (including phenoxy) is 1. The second-order valence-electron chi connectivity index (χ2n) is 5.09. The molecular formula is C14H23N3O2S. The van der Waals surface area contributed by atoms with Gasteiger partial charge in [-0.2, -0.15) is 0 Å². The molecule has 0 bridgehead atoms. The van der Waals surface area contributed by atoms with E-state index in [-0.39, 0.29) is 5.91 Å². The van der Waals surface area contributed by atoms with E-state index in [0.29, 0.717) is 19.6 Å². The van der Waals surface area contributed by atoms with Crippen LogP contribution in [0.25, 0.3) is 0 Å². The smallest absolute Gasteiger partial charge is 0.226 e. The molecule has 5 nitrogen and oxygen atoms in total. The molecule has 2 rings (SSSR count). The van der Waals surface area contributed by atoms with Crippen molar-refractivity contribution in [3.05, 3.63) is 16.1 Å². The highest BCUT2D eigenvalue weighted by molar-refractivity contribution is 7.09. The molecule has 0 aromatic carbocycles. The highest BCUT2D eigenvalue weighted by Crippen LogP contribution is 2.16. The van der Waals surface area contributed by atoms with Crippen LogP contribution in [0.2, 0.25) is 0 Å². The van der Waals surface area contributed by atoms with E-state index in [2.05, 4.69) is 15.2 Å². The Balaban J connectivity index is 1.75. The van der Waals surface area contributed by atoms with Crippen LogP contribution in [0.4, 0.5) is 0 Å². The lowest BCUT2D eigenvalue weighted by molar-refractivity contribution is -0.120. The first-order chi connectivity index (χ1) is 9.78. The van der Waals surface area contributed by atoms with Gasteiger partial charge in [0.05, 0.1) is 25.3 Å². The summed E-state index contributed by atoms with van der Waals surface area (Å²) in [6, 6.07) is 0. The van der Waals surface area contributed by atoms with Crippen molar-refractivity contribution in [1.82, 2.24) is 15.2 Å². The molecule has 1 aliphatic rings. The van der Waals surface area contributed by atoms with Crippen molar-refractivity contribution in [2.75, 3.05) is 33.4 Å². The van der Waals surface area contributed by atoms with E-state index in [1.165, 1.54) is 32.4 Å². The van der Waals surface area contributed by atoms with Crippen molar-refractivity contribution in [2.45, 2.75) is 32.2 Å². The van der Waals surface area contributed by atoms with E-state index < -0.39 is 0 Å². The van der Waals surface area contributed by atoms with Gasteiger partial charge in [-0.25, -0.2) is 4.98 Å². The lowest BCUT2D eigenvalue weighted by Gasteiger charge is -2.25. The Morgan fingerprint density at radius 3 is 3.00 bits per heavy atom. The molecule has 1 aliphatic heterocycles. The lowest BCUT2D eigenvalue weighted by atomic mass is 10.1. The number of amides is 1. The molecular weight excluding hydrogens is 274 g/mol. The van der Waals surface area contributed by atoms with Crippen LogP contribution < -0.4 is 5.32 Å². The lowest BCUT2D eigenvalue weighted by Crippen LogP contribution is -2.29. The van der Waals surface area contributed by atoms with Gasteiger partial charge < -0.3 is 10.1 Å². The number of thiazole rings is 1. The minimum Gasteiger partial charge on any atom is -0.383 e. The summed E-state index contributed by atoms with van der Waals surface area (Å²) in [6.07, 6.45) is 4.29. The van der Waals surface area contributed by atoms with Crippen LogP contribution in [-0.4, -0.2) is 49.1 Å². The number of nitrogens with one attached hydrogen (secondary N) is 1. The molecule has 0 unspecified atom stereocenters. The second kappa shape index (κ2) is 8.34. The van der Waals surface area contributed by atoms with E-state index in [4.69, 9.17) is 4.74 Å². The molecule has 0 spiro atoms. The Bertz CT molecular complexity index is 416. The van der Waals surface area contributed by atoms with Gasteiger partial charge in [0.1, 0.15) is 5.01 Å². The molecule has 1 aromatic rings. The summed E-state index contributed by atoms with van der Waals surface area (Å²) in [7, 11) is 1.62. The number of piperidine rings is 1. The third-order valence-electron chi connectivity index (χ3n) is 3.38. The van der Waals surface area contributed by atoms with Gasteiger partial charge in [0.25, 0.3) is 0 Å². The number of carbonyl (C=O) groups excluding carboxylic acids is 1. The molecule has 6 heteroatoms. The predicted octanol–water partition coefficient (Wildman–Crippen LogP) is 1.43. The summed E-state index contributed by atoms with van der Waals surface area (Å²) >= 11 is 1.66. The summed E-state index contributed by atoms with van der Waals surface area (Å²) in [5, 5.41) is 5.93. The number of hydrogen-bond acceptors (Lipinski definition) is 5. The summed E-state index contributed by atoms with van der Waals surface area (Å²) in [4.78, 5) is 18.7. The quantitative estimate of drug-likeness (QED) is 0.774. The van der Waals surface area contributed by atoms with Crippen LogP contribution in [-0.2, 0) is 22.5 Å². The number of methoxy groups -OCH3 is 1. The molecule has 1 saturated heterocycles. The first-order valence-corrected chi connectivity index (χ1v) is 8.07. The number of rotatable bonds is 7. The molecule has 1 aromatic heterocycles. The summed E-state index contributed by atoms with van der Waals surface area (Å²) in [5.41, 5.74) is 0.872. The molecule has 0 saturated carbocycles. The minimum absolute atomic E-state index is 0.0110. The number of hydrogen-bond donors (Lipinski definition) is 1. The van der Waals surface area contributed by atoms with Crippen molar-refractivity contribution in [3.8, 4) is 0 Å². The SMILES string of the molecule is COCCNC(=O)Cc1csc(CN2CCCCC2)n1. The summed E-state index contributed by atoms with van der Waals surface area (Å²) in [5.74, 6) is 0.0110. The zero-order chi connectivity index (χ0) is 14.2. The topological polar surface area (TPSA) is 54.5 Å². The summed E-state index contributed by atoms with van der Waals surface area (Å²) < 4.78 is 4.90. The average Bonchev–Trinajstić information content (AvgIpc) is 2.87. The van der Waals surface area contributed by atoms with Crippen molar-refractivity contribution < 1.29 is 9.53 Å². The number of carbonyl (C=O) groups is 1. The van der Waals surface area contributed by atoms with Crippen LogP contribution in [0.3, 0.4) is 0 Å². The summed E-state index contributed by atoms with van der Waals surface area (Å²) in [6.45, 7) is 4.37. The minimum atomic E-state index is 0.0110. The van der Waals surface area contributed by atoms with Crippen LogP contribution in [0.15, 0.2) is 5.38 Å². The van der Waals surface area contributed by atoms with Gasteiger partial charge in [-0.15, -0.1) is 11.3 Å². The van der Waals surface area contributed by atoms with Crippen molar-refractivity contribution in [2.24, 2.45) is 0 Å². The first-order valence-electron chi connectivity index (χ1n) is 7.19. The van der Waals surface area contributed by atoms with Gasteiger partial charge in [0.15, 0.2) is 0 Å².